The van der Waals surface area contributed by atoms with Crippen molar-refractivity contribution in [3.05, 3.63) is 42.1 Å². The second kappa shape index (κ2) is 5.15. The first-order chi connectivity index (χ1) is 9.88. The molecule has 4 rings (SSSR count). The minimum Gasteiger partial charge on any atom is -0.309 e. The number of benzene rings is 1. The van der Waals surface area contributed by atoms with Crippen LogP contribution >= 0.6 is 0 Å². The molecule has 0 spiro atoms. The smallest absolute Gasteiger partial charge is 0.0702 e. The molecular formula is C17H21N3. The van der Waals surface area contributed by atoms with Crippen LogP contribution in [0.5, 0.6) is 0 Å². The van der Waals surface area contributed by atoms with E-state index in [2.05, 4.69) is 39.5 Å². The SMILES string of the molecule is c1cnc2ccc(CNC3CCN(C4CC4)C3)cc2c1. The summed E-state index contributed by atoms with van der Waals surface area (Å²) in [5.74, 6) is 0. The zero-order valence-electron chi connectivity index (χ0n) is 11.8. The van der Waals surface area contributed by atoms with Gasteiger partial charge in [-0.2, -0.15) is 0 Å². The predicted molar refractivity (Wildman–Crippen MR) is 81.6 cm³/mol. The lowest BCUT2D eigenvalue weighted by Crippen LogP contribution is -2.32. The molecule has 0 bridgehead atoms. The van der Waals surface area contributed by atoms with Crippen LogP contribution in [0.2, 0.25) is 0 Å². The molecule has 2 fully saturated rings. The lowest BCUT2D eigenvalue weighted by Gasteiger charge is -2.16. The summed E-state index contributed by atoms with van der Waals surface area (Å²) >= 11 is 0. The molecule has 0 radical (unpaired) electrons. The molecule has 104 valence electrons. The van der Waals surface area contributed by atoms with Gasteiger partial charge in [-0.25, -0.2) is 0 Å². The van der Waals surface area contributed by atoms with Crippen molar-refractivity contribution in [1.82, 2.24) is 15.2 Å². The second-order valence-corrected chi connectivity index (χ2v) is 6.12. The molecule has 1 saturated heterocycles. The molecule has 1 N–H and O–H groups in total. The predicted octanol–water partition coefficient (Wildman–Crippen LogP) is 2.56. The Morgan fingerprint density at radius 1 is 1.20 bits per heavy atom. The summed E-state index contributed by atoms with van der Waals surface area (Å²) in [5.41, 5.74) is 2.44. The maximum absolute atomic E-state index is 4.37. The Morgan fingerprint density at radius 3 is 3.05 bits per heavy atom. The molecule has 1 aromatic heterocycles. The lowest BCUT2D eigenvalue weighted by atomic mass is 10.1. The van der Waals surface area contributed by atoms with Crippen molar-refractivity contribution in [2.75, 3.05) is 13.1 Å². The van der Waals surface area contributed by atoms with E-state index in [-0.39, 0.29) is 0 Å². The van der Waals surface area contributed by atoms with Gasteiger partial charge in [-0.3, -0.25) is 9.88 Å². The number of nitrogens with one attached hydrogen (secondary N) is 1. The molecule has 1 saturated carbocycles. The van der Waals surface area contributed by atoms with E-state index >= 15 is 0 Å². The van der Waals surface area contributed by atoms with Crippen LogP contribution in [-0.4, -0.2) is 35.1 Å². The first-order valence-electron chi connectivity index (χ1n) is 7.69. The highest BCUT2D eigenvalue weighted by Gasteiger charge is 2.33. The highest BCUT2D eigenvalue weighted by atomic mass is 15.2. The third-order valence-corrected chi connectivity index (χ3v) is 4.55. The van der Waals surface area contributed by atoms with Crippen molar-refractivity contribution in [1.29, 1.82) is 0 Å². The maximum Gasteiger partial charge on any atom is 0.0702 e. The number of nitrogens with zero attached hydrogens (tertiary/aromatic N) is 2. The zero-order chi connectivity index (χ0) is 13.4. The molecule has 2 aliphatic rings. The molecule has 1 unspecified atom stereocenters. The van der Waals surface area contributed by atoms with E-state index in [1.807, 2.05) is 12.3 Å². The van der Waals surface area contributed by atoms with E-state index in [0.29, 0.717) is 6.04 Å². The zero-order valence-corrected chi connectivity index (χ0v) is 11.8. The Labute approximate surface area is 120 Å². The monoisotopic (exact) mass is 267 g/mol. The fourth-order valence-electron chi connectivity index (χ4n) is 3.22. The van der Waals surface area contributed by atoms with Gasteiger partial charge < -0.3 is 5.32 Å². The normalized spacial score (nSPS) is 23.5. The van der Waals surface area contributed by atoms with Crippen molar-refractivity contribution >= 4 is 10.9 Å². The molecule has 1 aliphatic heterocycles. The number of rotatable bonds is 4. The summed E-state index contributed by atoms with van der Waals surface area (Å²) < 4.78 is 0. The summed E-state index contributed by atoms with van der Waals surface area (Å²) in [5, 5.41) is 4.95. The average Bonchev–Trinajstić information content (AvgIpc) is 3.24. The van der Waals surface area contributed by atoms with Crippen LogP contribution in [0, 0.1) is 0 Å². The van der Waals surface area contributed by atoms with E-state index in [0.717, 1.165) is 18.1 Å². The van der Waals surface area contributed by atoms with Crippen molar-refractivity contribution in [3.8, 4) is 0 Å². The minimum atomic E-state index is 0.667. The van der Waals surface area contributed by atoms with Gasteiger partial charge in [-0.15, -0.1) is 0 Å². The Hall–Kier alpha value is -1.45. The second-order valence-electron chi connectivity index (χ2n) is 6.12. The van der Waals surface area contributed by atoms with Gasteiger partial charge in [-0.05, 0) is 43.0 Å². The fraction of sp³-hybridized carbons (Fsp3) is 0.471. The van der Waals surface area contributed by atoms with Gasteiger partial charge in [-0.1, -0.05) is 12.1 Å². The maximum atomic E-state index is 4.37. The van der Waals surface area contributed by atoms with Crippen LogP contribution in [0.25, 0.3) is 10.9 Å². The van der Waals surface area contributed by atoms with Gasteiger partial charge in [0, 0.05) is 43.3 Å². The first-order valence-corrected chi connectivity index (χ1v) is 7.69. The number of hydrogen-bond donors (Lipinski definition) is 1. The fourth-order valence-corrected chi connectivity index (χ4v) is 3.22. The first kappa shape index (κ1) is 12.3. The van der Waals surface area contributed by atoms with E-state index < -0.39 is 0 Å². The summed E-state index contributed by atoms with van der Waals surface area (Å²) in [6.45, 7) is 3.48. The quantitative estimate of drug-likeness (QED) is 0.923. The van der Waals surface area contributed by atoms with Crippen LogP contribution in [-0.2, 0) is 6.54 Å². The minimum absolute atomic E-state index is 0.667. The van der Waals surface area contributed by atoms with Crippen LogP contribution in [0.4, 0.5) is 0 Å². The van der Waals surface area contributed by atoms with Crippen LogP contribution < -0.4 is 5.32 Å². The molecule has 1 aromatic carbocycles. The lowest BCUT2D eigenvalue weighted by molar-refractivity contribution is 0.317. The molecule has 1 atom stereocenters. The van der Waals surface area contributed by atoms with Gasteiger partial charge in [0.1, 0.15) is 0 Å². The largest absolute Gasteiger partial charge is 0.309 e. The Kier molecular flexibility index (Phi) is 3.17. The summed E-state index contributed by atoms with van der Waals surface area (Å²) in [6.07, 6.45) is 5.99. The standard InChI is InChI=1S/C17H21N3/c1-2-14-10-13(3-6-17(14)18-8-1)11-19-15-7-9-20(12-15)16-4-5-16/h1-3,6,8,10,15-16,19H,4-5,7,9,11-12H2. The van der Waals surface area contributed by atoms with Crippen LogP contribution in [0.3, 0.4) is 0 Å². The summed E-state index contributed by atoms with van der Waals surface area (Å²) in [6, 6.07) is 12.3. The molecule has 3 nitrogen and oxygen atoms in total. The van der Waals surface area contributed by atoms with Crippen molar-refractivity contribution in [2.45, 2.75) is 37.9 Å². The van der Waals surface area contributed by atoms with E-state index in [1.165, 1.54) is 43.3 Å². The highest BCUT2D eigenvalue weighted by molar-refractivity contribution is 5.78. The molecule has 1 aliphatic carbocycles. The van der Waals surface area contributed by atoms with Crippen LogP contribution in [0.1, 0.15) is 24.8 Å². The van der Waals surface area contributed by atoms with Crippen molar-refractivity contribution < 1.29 is 0 Å². The Morgan fingerprint density at radius 2 is 2.15 bits per heavy atom. The molecular weight excluding hydrogens is 246 g/mol. The van der Waals surface area contributed by atoms with E-state index in [9.17, 15) is 0 Å². The van der Waals surface area contributed by atoms with Crippen molar-refractivity contribution in [2.24, 2.45) is 0 Å². The third kappa shape index (κ3) is 2.56. The Bertz CT molecular complexity index is 606. The molecule has 2 aromatic rings. The Balaban J connectivity index is 1.38. The molecule has 20 heavy (non-hydrogen) atoms. The van der Waals surface area contributed by atoms with Gasteiger partial charge in [0.15, 0.2) is 0 Å². The molecule has 3 heteroatoms. The number of aromatic nitrogens is 1. The average molecular weight is 267 g/mol. The van der Waals surface area contributed by atoms with E-state index in [4.69, 9.17) is 0 Å². The van der Waals surface area contributed by atoms with Crippen LogP contribution in [0.15, 0.2) is 36.5 Å². The molecule has 2 heterocycles. The summed E-state index contributed by atoms with van der Waals surface area (Å²) in [7, 11) is 0. The highest BCUT2D eigenvalue weighted by Crippen LogP contribution is 2.29. The van der Waals surface area contributed by atoms with E-state index in [1.54, 1.807) is 0 Å². The third-order valence-electron chi connectivity index (χ3n) is 4.55. The number of fused-ring (bicyclic) bond motifs is 1. The van der Waals surface area contributed by atoms with Gasteiger partial charge in [0.05, 0.1) is 5.52 Å². The summed E-state index contributed by atoms with van der Waals surface area (Å²) in [4.78, 5) is 7.02. The van der Waals surface area contributed by atoms with Gasteiger partial charge in [0.25, 0.3) is 0 Å². The van der Waals surface area contributed by atoms with Crippen molar-refractivity contribution in [3.63, 3.8) is 0 Å². The number of pyridine rings is 1. The van der Waals surface area contributed by atoms with Gasteiger partial charge >= 0.3 is 0 Å². The number of likely N-dealkylation sites (tertiary alicyclic amines) is 1. The van der Waals surface area contributed by atoms with Gasteiger partial charge in [0.2, 0.25) is 0 Å². The number of hydrogen-bond acceptors (Lipinski definition) is 3. The molecule has 0 amide bonds. The topological polar surface area (TPSA) is 28.2 Å².